The molecule has 4 N–H and O–H groups in total. The number of nitrogens with zero attached hydrogens (tertiary/aromatic N) is 5. The van der Waals surface area contributed by atoms with Crippen LogP contribution >= 0.6 is 0 Å². The number of rotatable bonds is 12. The van der Waals surface area contributed by atoms with Gasteiger partial charge in [-0.05, 0) is 68.6 Å². The summed E-state index contributed by atoms with van der Waals surface area (Å²) in [5.74, 6) is -2.07. The molecule has 45 heavy (non-hydrogen) atoms. The van der Waals surface area contributed by atoms with Crippen LogP contribution in [0, 0.1) is 17.2 Å². The van der Waals surface area contributed by atoms with Crippen LogP contribution in [0.4, 0.5) is 29.6 Å². The van der Waals surface area contributed by atoms with Crippen LogP contribution < -0.4 is 25.8 Å². The van der Waals surface area contributed by atoms with Crippen molar-refractivity contribution in [1.82, 2.24) is 25.9 Å². The summed E-state index contributed by atoms with van der Waals surface area (Å²) in [7, 11) is 0. The summed E-state index contributed by atoms with van der Waals surface area (Å²) in [6, 6.07) is 9.45. The van der Waals surface area contributed by atoms with Crippen molar-refractivity contribution >= 4 is 29.5 Å². The SMILES string of the molecule is N#Cc1ccc(CCNC(=O)C2CCCN2c2cc(N3CCC(CCCNC(=O)NCC(=O)O)CC3)nc(C(F)(F)F)n2)cc1. The Morgan fingerprint density at radius 1 is 0.978 bits per heavy atom. The van der Waals surface area contributed by atoms with Gasteiger partial charge in [0.1, 0.15) is 24.2 Å². The summed E-state index contributed by atoms with van der Waals surface area (Å²) in [4.78, 5) is 46.4. The predicted molar refractivity (Wildman–Crippen MR) is 158 cm³/mol. The van der Waals surface area contributed by atoms with E-state index in [2.05, 4.69) is 32.0 Å². The van der Waals surface area contributed by atoms with E-state index in [-0.39, 0.29) is 17.5 Å². The maximum Gasteiger partial charge on any atom is 0.451 e. The second-order valence-corrected chi connectivity index (χ2v) is 11.2. The number of benzene rings is 1. The van der Waals surface area contributed by atoms with Crippen molar-refractivity contribution in [3.63, 3.8) is 0 Å². The molecule has 0 saturated carbocycles. The molecule has 2 aromatic rings. The van der Waals surface area contributed by atoms with Gasteiger partial charge in [0.25, 0.3) is 0 Å². The lowest BCUT2D eigenvalue weighted by Gasteiger charge is -2.34. The summed E-state index contributed by atoms with van der Waals surface area (Å²) in [5, 5.41) is 25.3. The molecule has 1 atom stereocenters. The number of anilines is 2. The van der Waals surface area contributed by atoms with Crippen molar-refractivity contribution in [2.75, 3.05) is 49.1 Å². The van der Waals surface area contributed by atoms with Crippen molar-refractivity contribution in [3.05, 3.63) is 47.3 Å². The number of halogens is 3. The fraction of sp³-hybridized carbons (Fsp3) is 0.533. The standard InChI is InChI=1S/C30H37F3N8O4/c31-30(32,33)28-38-24(40-15-10-20(11-16-40)3-1-12-36-29(45)37-19-26(42)43)17-25(39-28)41-14-2-4-23(41)27(44)35-13-9-21-5-7-22(18-34)8-6-21/h5-8,17,20,23H,1-4,9-16,19H2,(H,35,44)(H,42,43)(H2,36,37,45). The van der Waals surface area contributed by atoms with Crippen LogP contribution in [0.5, 0.6) is 0 Å². The van der Waals surface area contributed by atoms with Gasteiger partial charge < -0.3 is 30.9 Å². The quantitative estimate of drug-likeness (QED) is 0.258. The Bertz CT molecular complexity index is 1370. The maximum atomic E-state index is 13.9. The Balaban J connectivity index is 1.33. The molecule has 0 bridgehead atoms. The van der Waals surface area contributed by atoms with E-state index >= 15 is 0 Å². The lowest BCUT2D eigenvalue weighted by Crippen LogP contribution is -2.44. The van der Waals surface area contributed by atoms with Crippen molar-refractivity contribution < 1.29 is 32.7 Å². The number of urea groups is 1. The Morgan fingerprint density at radius 2 is 1.69 bits per heavy atom. The van der Waals surface area contributed by atoms with Crippen LogP contribution in [0.2, 0.25) is 0 Å². The van der Waals surface area contributed by atoms with Gasteiger partial charge in [0.2, 0.25) is 11.7 Å². The zero-order chi connectivity index (χ0) is 32.4. The van der Waals surface area contributed by atoms with Crippen LogP contribution in [0.1, 0.15) is 55.5 Å². The molecule has 3 heterocycles. The van der Waals surface area contributed by atoms with E-state index in [4.69, 9.17) is 10.4 Å². The zero-order valence-electron chi connectivity index (χ0n) is 24.8. The Labute approximate surface area is 259 Å². The van der Waals surface area contributed by atoms with Gasteiger partial charge in [-0.15, -0.1) is 0 Å². The Kier molecular flexibility index (Phi) is 11.4. The van der Waals surface area contributed by atoms with Crippen LogP contribution in [0.15, 0.2) is 30.3 Å². The normalized spacial score (nSPS) is 17.1. The number of carbonyl (C=O) groups excluding carboxylic acids is 2. The van der Waals surface area contributed by atoms with E-state index in [0.717, 1.165) is 24.8 Å². The number of hydrogen-bond acceptors (Lipinski definition) is 8. The first-order valence-corrected chi connectivity index (χ1v) is 15.0. The number of carboxylic acid groups (broad SMARTS) is 1. The third-order valence-electron chi connectivity index (χ3n) is 8.01. The molecule has 2 aliphatic rings. The van der Waals surface area contributed by atoms with Crippen LogP contribution in [0.25, 0.3) is 0 Å². The van der Waals surface area contributed by atoms with E-state index < -0.39 is 36.6 Å². The van der Waals surface area contributed by atoms with E-state index in [0.29, 0.717) is 69.9 Å². The minimum absolute atomic E-state index is 0.0754. The second-order valence-electron chi connectivity index (χ2n) is 11.2. The Hall–Kier alpha value is -4.61. The summed E-state index contributed by atoms with van der Waals surface area (Å²) < 4.78 is 41.7. The number of hydrogen-bond donors (Lipinski definition) is 4. The van der Waals surface area contributed by atoms with Crippen molar-refractivity contribution in [2.24, 2.45) is 5.92 Å². The highest BCUT2D eigenvalue weighted by atomic mass is 19.4. The van der Waals surface area contributed by atoms with E-state index in [9.17, 15) is 27.6 Å². The van der Waals surface area contributed by atoms with Crippen LogP contribution in [-0.2, 0) is 22.2 Å². The van der Waals surface area contributed by atoms with Gasteiger partial charge in [-0.2, -0.15) is 18.4 Å². The molecule has 1 unspecified atom stereocenters. The van der Waals surface area contributed by atoms with Gasteiger partial charge >= 0.3 is 18.2 Å². The van der Waals surface area contributed by atoms with E-state index in [1.807, 2.05) is 17.0 Å². The molecule has 1 aromatic carbocycles. The fourth-order valence-corrected chi connectivity index (χ4v) is 5.63. The topological polar surface area (TPSA) is 164 Å². The molecule has 4 rings (SSSR count). The maximum absolute atomic E-state index is 13.9. The van der Waals surface area contributed by atoms with Crippen LogP contribution in [0.3, 0.4) is 0 Å². The highest BCUT2D eigenvalue weighted by Gasteiger charge is 2.39. The summed E-state index contributed by atoms with van der Waals surface area (Å²) in [5.41, 5.74) is 1.50. The minimum atomic E-state index is -4.76. The number of alkyl halides is 3. The lowest BCUT2D eigenvalue weighted by atomic mass is 9.92. The highest BCUT2D eigenvalue weighted by Crippen LogP contribution is 2.34. The number of carbonyl (C=O) groups is 3. The average Bonchev–Trinajstić information content (AvgIpc) is 3.52. The van der Waals surface area contributed by atoms with Crippen molar-refractivity contribution in [3.8, 4) is 6.07 Å². The predicted octanol–water partition coefficient (Wildman–Crippen LogP) is 3.08. The number of aliphatic carboxylic acids is 1. The van der Waals surface area contributed by atoms with Gasteiger partial charge in [0, 0.05) is 38.8 Å². The molecule has 12 nitrogen and oxygen atoms in total. The lowest BCUT2D eigenvalue weighted by molar-refractivity contribution is -0.144. The number of carboxylic acids is 1. The first-order chi connectivity index (χ1) is 21.5. The monoisotopic (exact) mass is 630 g/mol. The molecule has 0 spiro atoms. The third kappa shape index (κ3) is 9.69. The van der Waals surface area contributed by atoms with Crippen molar-refractivity contribution in [1.29, 1.82) is 5.26 Å². The second kappa shape index (κ2) is 15.4. The summed E-state index contributed by atoms with van der Waals surface area (Å²) >= 11 is 0. The Morgan fingerprint density at radius 3 is 2.36 bits per heavy atom. The number of nitriles is 1. The van der Waals surface area contributed by atoms with Gasteiger partial charge in [0.05, 0.1) is 11.6 Å². The number of aromatic nitrogens is 2. The van der Waals surface area contributed by atoms with Gasteiger partial charge in [0.15, 0.2) is 0 Å². The number of nitrogens with one attached hydrogen (secondary N) is 3. The van der Waals surface area contributed by atoms with Gasteiger partial charge in [-0.3, -0.25) is 9.59 Å². The molecule has 2 fully saturated rings. The molecule has 15 heteroatoms. The molecular weight excluding hydrogens is 593 g/mol. The third-order valence-corrected chi connectivity index (χ3v) is 8.01. The molecule has 242 valence electrons. The number of piperidine rings is 1. The largest absolute Gasteiger partial charge is 0.480 e. The first-order valence-electron chi connectivity index (χ1n) is 15.0. The average molecular weight is 631 g/mol. The summed E-state index contributed by atoms with van der Waals surface area (Å²) in [6.45, 7) is 1.68. The fourth-order valence-electron chi connectivity index (χ4n) is 5.63. The van der Waals surface area contributed by atoms with Crippen molar-refractivity contribution in [2.45, 2.75) is 57.2 Å². The molecule has 3 amide bonds. The van der Waals surface area contributed by atoms with Crippen LogP contribution in [-0.4, -0.2) is 78.3 Å². The smallest absolute Gasteiger partial charge is 0.451 e. The zero-order valence-corrected chi connectivity index (χ0v) is 24.8. The van der Waals surface area contributed by atoms with Gasteiger partial charge in [-0.25, -0.2) is 14.8 Å². The molecule has 1 aromatic heterocycles. The first kappa shape index (κ1) is 33.3. The molecule has 0 radical (unpaired) electrons. The van der Waals surface area contributed by atoms with Gasteiger partial charge in [-0.1, -0.05) is 12.1 Å². The molecule has 2 saturated heterocycles. The molecule has 2 aliphatic heterocycles. The minimum Gasteiger partial charge on any atom is -0.480 e. The summed E-state index contributed by atoms with van der Waals surface area (Å²) in [6.07, 6.45) is -0.112. The molecule has 0 aliphatic carbocycles. The molecular formula is C30H37F3N8O4. The van der Waals surface area contributed by atoms with E-state index in [1.165, 1.54) is 6.07 Å². The highest BCUT2D eigenvalue weighted by molar-refractivity contribution is 5.85. The number of amides is 3. The van der Waals surface area contributed by atoms with E-state index in [1.54, 1.807) is 17.0 Å².